The highest BCUT2D eigenvalue weighted by molar-refractivity contribution is 5.27. The van der Waals surface area contributed by atoms with Gasteiger partial charge in [0, 0.05) is 12.1 Å². The molecular formula is C12H17FN2. The van der Waals surface area contributed by atoms with Gasteiger partial charge in [-0.3, -0.25) is 0 Å². The highest BCUT2D eigenvalue weighted by Gasteiger charge is 2.33. The zero-order valence-corrected chi connectivity index (χ0v) is 8.80. The summed E-state index contributed by atoms with van der Waals surface area (Å²) >= 11 is 0. The predicted octanol–water partition coefficient (Wildman–Crippen LogP) is 1.75. The van der Waals surface area contributed by atoms with Gasteiger partial charge in [0.2, 0.25) is 0 Å². The van der Waals surface area contributed by atoms with Crippen molar-refractivity contribution in [3.8, 4) is 0 Å². The third-order valence-electron chi connectivity index (χ3n) is 3.23. The third kappa shape index (κ3) is 1.90. The van der Waals surface area contributed by atoms with Crippen molar-refractivity contribution in [3.63, 3.8) is 0 Å². The monoisotopic (exact) mass is 208 g/mol. The van der Waals surface area contributed by atoms with Crippen LogP contribution in [0.5, 0.6) is 0 Å². The molecule has 0 amide bonds. The van der Waals surface area contributed by atoms with Crippen LogP contribution in [0, 0.1) is 5.82 Å². The molecule has 1 aromatic carbocycles. The fourth-order valence-electron chi connectivity index (χ4n) is 2.33. The Morgan fingerprint density at radius 2 is 2.13 bits per heavy atom. The topological polar surface area (TPSA) is 38.0 Å². The Morgan fingerprint density at radius 3 is 2.73 bits per heavy atom. The molecule has 2 rings (SSSR count). The number of benzene rings is 1. The molecule has 1 aromatic rings. The fourth-order valence-corrected chi connectivity index (χ4v) is 2.33. The number of rotatable bonds is 2. The van der Waals surface area contributed by atoms with E-state index >= 15 is 0 Å². The van der Waals surface area contributed by atoms with Gasteiger partial charge in [-0.2, -0.15) is 0 Å². The first-order chi connectivity index (χ1) is 7.28. The molecule has 0 aromatic heterocycles. The Labute approximate surface area is 89.7 Å². The first-order valence-electron chi connectivity index (χ1n) is 5.49. The fraction of sp³-hybridized carbons (Fsp3) is 0.500. The Balaban J connectivity index is 2.36. The summed E-state index contributed by atoms with van der Waals surface area (Å²) in [6.07, 6.45) is 3.18. The number of hydrogen-bond donors (Lipinski definition) is 2. The lowest BCUT2D eigenvalue weighted by molar-refractivity contribution is 0.257. The van der Waals surface area contributed by atoms with E-state index in [0.717, 1.165) is 25.8 Å². The number of nitrogens with one attached hydrogen (secondary N) is 1. The van der Waals surface area contributed by atoms with E-state index in [9.17, 15) is 4.39 Å². The number of nitrogens with two attached hydrogens (primary N) is 1. The molecule has 0 spiro atoms. The molecular weight excluding hydrogens is 191 g/mol. The number of halogens is 1. The highest BCUT2D eigenvalue weighted by atomic mass is 19.1. The molecule has 1 heterocycles. The Kier molecular flexibility index (Phi) is 3.03. The maximum Gasteiger partial charge on any atom is 0.128 e. The Hall–Kier alpha value is -0.930. The van der Waals surface area contributed by atoms with E-state index in [1.807, 2.05) is 12.1 Å². The van der Waals surface area contributed by atoms with E-state index < -0.39 is 0 Å². The molecule has 0 aliphatic carbocycles. The van der Waals surface area contributed by atoms with Crippen molar-refractivity contribution in [2.24, 2.45) is 5.73 Å². The third-order valence-corrected chi connectivity index (χ3v) is 3.23. The Bertz CT molecular complexity index is 332. The van der Waals surface area contributed by atoms with Crippen LogP contribution in [-0.2, 0) is 5.54 Å². The van der Waals surface area contributed by atoms with Gasteiger partial charge in [0.1, 0.15) is 5.82 Å². The van der Waals surface area contributed by atoms with E-state index in [2.05, 4.69) is 5.32 Å². The van der Waals surface area contributed by atoms with Gasteiger partial charge < -0.3 is 11.1 Å². The van der Waals surface area contributed by atoms with Crippen molar-refractivity contribution in [1.29, 1.82) is 0 Å². The van der Waals surface area contributed by atoms with Gasteiger partial charge in [-0.05, 0) is 31.9 Å². The highest BCUT2D eigenvalue weighted by Crippen LogP contribution is 2.30. The quantitative estimate of drug-likeness (QED) is 0.777. The molecule has 1 unspecified atom stereocenters. The summed E-state index contributed by atoms with van der Waals surface area (Å²) < 4.78 is 13.7. The Morgan fingerprint density at radius 1 is 1.33 bits per heavy atom. The lowest BCUT2D eigenvalue weighted by Crippen LogP contribution is -2.51. The minimum Gasteiger partial charge on any atom is -0.328 e. The van der Waals surface area contributed by atoms with Crippen molar-refractivity contribution in [1.82, 2.24) is 5.32 Å². The first-order valence-corrected chi connectivity index (χ1v) is 5.49. The van der Waals surface area contributed by atoms with Gasteiger partial charge >= 0.3 is 0 Å². The zero-order valence-electron chi connectivity index (χ0n) is 8.80. The largest absolute Gasteiger partial charge is 0.328 e. The summed E-state index contributed by atoms with van der Waals surface area (Å²) in [5.74, 6) is -0.155. The van der Waals surface area contributed by atoms with Crippen LogP contribution < -0.4 is 11.1 Å². The average Bonchev–Trinajstić information content (AvgIpc) is 2.30. The van der Waals surface area contributed by atoms with Crippen molar-refractivity contribution < 1.29 is 4.39 Å². The van der Waals surface area contributed by atoms with Crippen LogP contribution >= 0.6 is 0 Å². The second-order valence-corrected chi connectivity index (χ2v) is 4.15. The van der Waals surface area contributed by atoms with Gasteiger partial charge in [-0.25, -0.2) is 4.39 Å². The van der Waals surface area contributed by atoms with Crippen LogP contribution in [0.3, 0.4) is 0 Å². The minimum atomic E-state index is -0.344. The summed E-state index contributed by atoms with van der Waals surface area (Å²) in [5.41, 5.74) is 6.18. The molecule has 1 aliphatic rings. The molecule has 1 aliphatic heterocycles. The van der Waals surface area contributed by atoms with Gasteiger partial charge in [-0.15, -0.1) is 0 Å². The molecule has 2 nitrogen and oxygen atoms in total. The molecule has 0 bridgehead atoms. The predicted molar refractivity (Wildman–Crippen MR) is 59.0 cm³/mol. The van der Waals surface area contributed by atoms with Crippen LogP contribution in [0.1, 0.15) is 24.8 Å². The van der Waals surface area contributed by atoms with E-state index in [1.165, 1.54) is 6.07 Å². The molecule has 0 saturated carbocycles. The van der Waals surface area contributed by atoms with Crippen molar-refractivity contribution >= 4 is 0 Å². The van der Waals surface area contributed by atoms with Crippen LogP contribution in [0.2, 0.25) is 0 Å². The molecule has 1 atom stereocenters. The second kappa shape index (κ2) is 4.29. The molecule has 15 heavy (non-hydrogen) atoms. The van der Waals surface area contributed by atoms with E-state index in [4.69, 9.17) is 5.73 Å². The van der Waals surface area contributed by atoms with E-state index in [-0.39, 0.29) is 11.4 Å². The molecule has 3 heteroatoms. The maximum atomic E-state index is 13.7. The lowest BCUT2D eigenvalue weighted by Gasteiger charge is -2.38. The van der Waals surface area contributed by atoms with Gasteiger partial charge in [0.25, 0.3) is 0 Å². The summed E-state index contributed by atoms with van der Waals surface area (Å²) in [6, 6.07) is 6.92. The number of hydrogen-bond acceptors (Lipinski definition) is 2. The summed E-state index contributed by atoms with van der Waals surface area (Å²) in [7, 11) is 0. The SMILES string of the molecule is NCC1(c2ccccc2F)CCCCN1. The summed E-state index contributed by atoms with van der Waals surface area (Å²) in [6.45, 7) is 1.37. The minimum absolute atomic E-state index is 0.155. The summed E-state index contributed by atoms with van der Waals surface area (Å²) in [4.78, 5) is 0. The van der Waals surface area contributed by atoms with Gasteiger partial charge in [-0.1, -0.05) is 18.2 Å². The van der Waals surface area contributed by atoms with Crippen molar-refractivity contribution in [2.75, 3.05) is 13.1 Å². The van der Waals surface area contributed by atoms with E-state index in [1.54, 1.807) is 6.07 Å². The van der Waals surface area contributed by atoms with Gasteiger partial charge in [0.05, 0.1) is 5.54 Å². The molecule has 82 valence electrons. The standard InChI is InChI=1S/C12H17FN2/c13-11-6-2-1-5-10(11)12(9-14)7-3-4-8-15-12/h1-2,5-6,15H,3-4,7-9,14H2. The number of piperidine rings is 1. The van der Waals surface area contributed by atoms with Gasteiger partial charge in [0.15, 0.2) is 0 Å². The van der Waals surface area contributed by atoms with Crippen molar-refractivity contribution in [2.45, 2.75) is 24.8 Å². The molecule has 0 radical (unpaired) electrons. The smallest absolute Gasteiger partial charge is 0.128 e. The molecule has 3 N–H and O–H groups in total. The normalized spacial score (nSPS) is 26.5. The average molecular weight is 208 g/mol. The van der Waals surface area contributed by atoms with Crippen molar-refractivity contribution in [3.05, 3.63) is 35.6 Å². The summed E-state index contributed by atoms with van der Waals surface area (Å²) in [5, 5.41) is 3.37. The lowest BCUT2D eigenvalue weighted by atomic mass is 9.82. The zero-order chi connectivity index (χ0) is 10.7. The molecule has 1 fully saturated rings. The van der Waals surface area contributed by atoms with Crippen LogP contribution in [-0.4, -0.2) is 13.1 Å². The maximum absolute atomic E-state index is 13.7. The van der Waals surface area contributed by atoms with Crippen LogP contribution in [0.25, 0.3) is 0 Å². The molecule has 1 saturated heterocycles. The van der Waals surface area contributed by atoms with Crippen LogP contribution in [0.15, 0.2) is 24.3 Å². The van der Waals surface area contributed by atoms with Crippen LogP contribution in [0.4, 0.5) is 4.39 Å². The first kappa shape index (κ1) is 10.6. The second-order valence-electron chi connectivity index (χ2n) is 4.15. The van der Waals surface area contributed by atoms with E-state index in [0.29, 0.717) is 12.1 Å².